The molecule has 1 N–H and O–H groups in total. The van der Waals surface area contributed by atoms with E-state index in [-0.39, 0.29) is 18.6 Å². The van der Waals surface area contributed by atoms with Crippen LogP contribution in [0.5, 0.6) is 0 Å². The number of nitrogens with one attached hydrogen (secondary N) is 1. The van der Waals surface area contributed by atoms with Crippen molar-refractivity contribution < 1.29 is 27.4 Å². The molecule has 0 saturated carbocycles. The molecule has 2 heterocycles. The van der Waals surface area contributed by atoms with Crippen LogP contribution in [0.4, 0.5) is 13.2 Å². The lowest BCUT2D eigenvalue weighted by Gasteiger charge is -2.37. The number of hydrogen-bond acceptors (Lipinski definition) is 4. The lowest BCUT2D eigenvalue weighted by molar-refractivity contribution is -0.173. The van der Waals surface area contributed by atoms with E-state index in [0.29, 0.717) is 51.7 Å². The molecule has 0 aromatic rings. The summed E-state index contributed by atoms with van der Waals surface area (Å²) in [6.45, 7) is 2.46. The van der Waals surface area contributed by atoms with Crippen LogP contribution in [0.15, 0.2) is 4.99 Å². The van der Waals surface area contributed by atoms with Crippen LogP contribution in [-0.2, 0) is 14.3 Å². The molecule has 26 heavy (non-hydrogen) atoms. The molecule has 1 amide bonds. The molecule has 150 valence electrons. The van der Waals surface area contributed by atoms with E-state index in [1.54, 1.807) is 7.05 Å². The van der Waals surface area contributed by atoms with Crippen LogP contribution in [0, 0.1) is 0 Å². The third-order valence-corrected chi connectivity index (χ3v) is 4.32. The van der Waals surface area contributed by atoms with Crippen LogP contribution in [0.1, 0.15) is 19.3 Å². The Kier molecular flexibility index (Phi) is 7.95. The van der Waals surface area contributed by atoms with Gasteiger partial charge in [-0.1, -0.05) is 0 Å². The van der Waals surface area contributed by atoms with Crippen molar-refractivity contribution in [3.05, 3.63) is 0 Å². The summed E-state index contributed by atoms with van der Waals surface area (Å²) in [5, 5.41) is 3.12. The zero-order valence-electron chi connectivity index (χ0n) is 15.1. The van der Waals surface area contributed by atoms with Gasteiger partial charge < -0.3 is 24.6 Å². The van der Waals surface area contributed by atoms with Gasteiger partial charge in [0.1, 0.15) is 12.7 Å². The summed E-state index contributed by atoms with van der Waals surface area (Å²) in [6.07, 6.45) is -2.41. The van der Waals surface area contributed by atoms with Gasteiger partial charge in [0.15, 0.2) is 5.96 Å². The van der Waals surface area contributed by atoms with E-state index in [0.717, 1.165) is 12.8 Å². The molecular weight excluding hydrogens is 353 g/mol. The lowest BCUT2D eigenvalue weighted by atomic mass is 10.2. The number of alkyl halides is 3. The van der Waals surface area contributed by atoms with Gasteiger partial charge in [0.25, 0.3) is 5.91 Å². The number of halogens is 3. The number of nitrogens with zero attached hydrogens (tertiary/aromatic N) is 3. The molecule has 0 bridgehead atoms. The zero-order chi connectivity index (χ0) is 19.0. The Morgan fingerprint density at radius 1 is 1.27 bits per heavy atom. The van der Waals surface area contributed by atoms with Crippen molar-refractivity contribution in [2.45, 2.75) is 31.5 Å². The van der Waals surface area contributed by atoms with E-state index in [1.165, 1.54) is 0 Å². The van der Waals surface area contributed by atoms with Crippen molar-refractivity contribution in [3.63, 3.8) is 0 Å². The smallest absolute Gasteiger partial charge is 0.372 e. The van der Waals surface area contributed by atoms with E-state index in [2.05, 4.69) is 15.0 Å². The van der Waals surface area contributed by atoms with Gasteiger partial charge in [0.05, 0.1) is 0 Å². The molecule has 10 heteroatoms. The Hall–Kier alpha value is -1.55. The Labute approximate surface area is 151 Å². The highest BCUT2D eigenvalue weighted by Crippen LogP contribution is 2.16. The third-order valence-electron chi connectivity index (χ3n) is 4.32. The average Bonchev–Trinajstić information content (AvgIpc) is 3.14. The first kappa shape index (κ1) is 20.8. The van der Waals surface area contributed by atoms with Gasteiger partial charge in [0, 0.05) is 53.0 Å². The Bertz CT molecular complexity index is 474. The number of rotatable bonds is 6. The van der Waals surface area contributed by atoms with Crippen LogP contribution < -0.4 is 5.32 Å². The van der Waals surface area contributed by atoms with Crippen LogP contribution in [0.25, 0.3) is 0 Å². The predicted octanol–water partition coefficient (Wildman–Crippen LogP) is 0.854. The molecule has 2 aliphatic rings. The van der Waals surface area contributed by atoms with Crippen molar-refractivity contribution in [2.75, 3.05) is 59.6 Å². The highest BCUT2D eigenvalue weighted by Gasteiger charge is 2.31. The summed E-state index contributed by atoms with van der Waals surface area (Å²) in [4.78, 5) is 20.4. The first-order valence-corrected chi connectivity index (χ1v) is 8.91. The fraction of sp³-hybridized carbons (Fsp3) is 0.875. The first-order valence-electron chi connectivity index (χ1n) is 8.91. The van der Waals surface area contributed by atoms with E-state index in [1.807, 2.05) is 9.80 Å². The summed E-state index contributed by atoms with van der Waals surface area (Å²) in [7, 11) is 1.66. The predicted molar refractivity (Wildman–Crippen MR) is 90.0 cm³/mol. The molecule has 1 atom stereocenters. The molecule has 0 radical (unpaired) electrons. The number of carbonyl (C=O) groups is 1. The Morgan fingerprint density at radius 2 is 1.96 bits per heavy atom. The maximum Gasteiger partial charge on any atom is 0.411 e. The number of piperazine rings is 1. The van der Waals surface area contributed by atoms with Crippen LogP contribution in [0.3, 0.4) is 0 Å². The highest BCUT2D eigenvalue weighted by molar-refractivity contribution is 5.82. The molecule has 0 aromatic heterocycles. The molecular formula is C16H27F3N4O3. The van der Waals surface area contributed by atoms with Gasteiger partial charge in [-0.05, 0) is 19.3 Å². The fourth-order valence-corrected chi connectivity index (χ4v) is 3.01. The monoisotopic (exact) mass is 380 g/mol. The fourth-order valence-electron chi connectivity index (χ4n) is 3.01. The Balaban J connectivity index is 1.64. The third kappa shape index (κ3) is 6.64. The first-order chi connectivity index (χ1) is 12.4. The highest BCUT2D eigenvalue weighted by atomic mass is 19.4. The van der Waals surface area contributed by atoms with Crippen LogP contribution >= 0.6 is 0 Å². The molecule has 2 aliphatic heterocycles. The molecule has 0 aliphatic carbocycles. The van der Waals surface area contributed by atoms with Gasteiger partial charge in [-0.25, -0.2) is 0 Å². The van der Waals surface area contributed by atoms with E-state index >= 15 is 0 Å². The SMILES string of the molecule is CN=C(NCCCOCC(F)(F)F)N1CCN(C(=O)C2CCCO2)CC1. The summed E-state index contributed by atoms with van der Waals surface area (Å²) in [5.74, 6) is 0.747. The van der Waals surface area contributed by atoms with E-state index in [4.69, 9.17) is 4.74 Å². The molecule has 0 aromatic carbocycles. The topological polar surface area (TPSA) is 66.4 Å². The van der Waals surface area contributed by atoms with E-state index in [9.17, 15) is 18.0 Å². The van der Waals surface area contributed by atoms with Gasteiger partial charge in [-0.3, -0.25) is 9.79 Å². The largest absolute Gasteiger partial charge is 0.411 e. The number of ether oxygens (including phenoxy) is 2. The van der Waals surface area contributed by atoms with Gasteiger partial charge in [-0.15, -0.1) is 0 Å². The normalized spacial score (nSPS) is 22.0. The standard InChI is InChI=1S/C16H27F3N4O3/c1-20-15(21-5-3-10-25-12-16(17,18)19)23-8-6-22(7-9-23)14(24)13-4-2-11-26-13/h13H,2-12H2,1H3,(H,20,21). The minimum atomic E-state index is -4.29. The number of carbonyl (C=O) groups excluding carboxylic acids is 1. The minimum absolute atomic E-state index is 0.0349. The van der Waals surface area contributed by atoms with Crippen molar-refractivity contribution in [1.82, 2.24) is 15.1 Å². The summed E-state index contributed by atoms with van der Waals surface area (Å²) >= 11 is 0. The summed E-state index contributed by atoms with van der Waals surface area (Å²) in [6, 6.07) is 0. The van der Waals surface area contributed by atoms with E-state index < -0.39 is 12.8 Å². The zero-order valence-corrected chi connectivity index (χ0v) is 15.1. The van der Waals surface area contributed by atoms with Crippen LogP contribution in [-0.4, -0.2) is 93.5 Å². The molecule has 2 fully saturated rings. The minimum Gasteiger partial charge on any atom is -0.372 e. The summed E-state index contributed by atoms with van der Waals surface area (Å²) < 4.78 is 45.9. The van der Waals surface area contributed by atoms with Gasteiger partial charge >= 0.3 is 6.18 Å². The average molecular weight is 380 g/mol. The van der Waals surface area contributed by atoms with Gasteiger partial charge in [0.2, 0.25) is 0 Å². The van der Waals surface area contributed by atoms with Crippen LogP contribution in [0.2, 0.25) is 0 Å². The molecule has 2 rings (SSSR count). The number of aliphatic imine (C=N–C) groups is 1. The van der Waals surface area contributed by atoms with Crippen molar-refractivity contribution >= 4 is 11.9 Å². The summed E-state index contributed by atoms with van der Waals surface area (Å²) in [5.41, 5.74) is 0. The van der Waals surface area contributed by atoms with Crippen molar-refractivity contribution in [2.24, 2.45) is 4.99 Å². The second-order valence-corrected chi connectivity index (χ2v) is 6.31. The Morgan fingerprint density at radius 3 is 2.54 bits per heavy atom. The molecule has 2 saturated heterocycles. The van der Waals surface area contributed by atoms with Gasteiger partial charge in [-0.2, -0.15) is 13.2 Å². The quantitative estimate of drug-likeness (QED) is 0.421. The molecule has 7 nitrogen and oxygen atoms in total. The maximum atomic E-state index is 12.3. The number of amides is 1. The second kappa shape index (κ2) is 9.96. The number of hydrogen-bond donors (Lipinski definition) is 1. The maximum absolute atomic E-state index is 12.3. The number of guanidine groups is 1. The van der Waals surface area contributed by atoms with Crippen molar-refractivity contribution in [3.8, 4) is 0 Å². The van der Waals surface area contributed by atoms with Crippen molar-refractivity contribution in [1.29, 1.82) is 0 Å². The molecule has 0 spiro atoms. The second-order valence-electron chi connectivity index (χ2n) is 6.31. The lowest BCUT2D eigenvalue weighted by Crippen LogP contribution is -2.55. The molecule has 1 unspecified atom stereocenters.